The predicted octanol–water partition coefficient (Wildman–Crippen LogP) is 9.66. The second kappa shape index (κ2) is 18.4. The van der Waals surface area contributed by atoms with E-state index in [0.29, 0.717) is 12.8 Å². The van der Waals surface area contributed by atoms with Crippen molar-refractivity contribution >= 4 is 12.2 Å². The molecule has 0 spiro atoms. The van der Waals surface area contributed by atoms with E-state index >= 15 is 0 Å². The molecule has 0 aromatic heterocycles. The van der Waals surface area contributed by atoms with E-state index in [-0.39, 0.29) is 24.3 Å². The smallest absolute Gasteiger partial charge is 0.410 e. The third-order valence-electron chi connectivity index (χ3n) is 10.0. The molecule has 8 nitrogen and oxygen atoms in total. The second-order valence-electron chi connectivity index (χ2n) is 15.6. The van der Waals surface area contributed by atoms with E-state index in [1.807, 2.05) is 131 Å². The van der Waals surface area contributed by atoms with Gasteiger partial charge in [0.05, 0.1) is 0 Å². The van der Waals surface area contributed by atoms with Crippen molar-refractivity contribution in [2.45, 2.75) is 183 Å². The van der Waals surface area contributed by atoms with Crippen LogP contribution in [0.5, 0.6) is 0 Å². The Balaban J connectivity index is 0.000000480. The van der Waals surface area contributed by atoms with Crippen LogP contribution in [-0.4, -0.2) is 79.8 Å². The molecule has 0 saturated carbocycles. The number of carbonyl (C=O) groups excluding carboxylic acids is 2. The van der Waals surface area contributed by atoms with Crippen LogP contribution in [0.3, 0.4) is 0 Å². The van der Waals surface area contributed by atoms with Crippen LogP contribution in [0.2, 0.25) is 0 Å². The molecule has 2 aliphatic heterocycles. The van der Waals surface area contributed by atoms with E-state index in [1.54, 1.807) is 0 Å². The maximum Gasteiger partial charge on any atom is 0.410 e. The van der Waals surface area contributed by atoms with Gasteiger partial charge in [-0.2, -0.15) is 0 Å². The minimum atomic E-state index is -0.925. The lowest BCUT2D eigenvalue weighted by molar-refractivity contribution is 0.0185. The van der Waals surface area contributed by atoms with Crippen molar-refractivity contribution in [3.63, 3.8) is 0 Å². The zero-order valence-electron chi connectivity index (χ0n) is 33.0. The molecular weight excluding hydrogens is 604 g/mol. The quantitative estimate of drug-likeness (QED) is 0.224. The molecule has 2 fully saturated rings. The van der Waals surface area contributed by atoms with Crippen molar-refractivity contribution in [3.05, 3.63) is 46.6 Å². The number of nitrogens with zero attached hydrogens (tertiary/aromatic N) is 2. The van der Waals surface area contributed by atoms with E-state index in [0.717, 1.165) is 73.9 Å². The van der Waals surface area contributed by atoms with Gasteiger partial charge in [0, 0.05) is 25.2 Å². The van der Waals surface area contributed by atoms with Gasteiger partial charge in [0.2, 0.25) is 0 Å². The molecule has 2 heterocycles. The summed E-state index contributed by atoms with van der Waals surface area (Å²) in [6.45, 7) is 28.5. The van der Waals surface area contributed by atoms with Gasteiger partial charge >= 0.3 is 12.2 Å². The summed E-state index contributed by atoms with van der Waals surface area (Å²) >= 11 is 0. The molecule has 2 amide bonds. The molecule has 48 heavy (non-hydrogen) atoms. The number of allylic oxidation sites excluding steroid dienone is 4. The van der Waals surface area contributed by atoms with E-state index in [4.69, 9.17) is 9.47 Å². The summed E-state index contributed by atoms with van der Waals surface area (Å²) in [4.78, 5) is 28.5. The fourth-order valence-electron chi connectivity index (χ4n) is 6.51. The first-order valence-electron chi connectivity index (χ1n) is 18.1. The number of aliphatic hydroxyl groups is 2. The molecule has 0 bridgehead atoms. The van der Waals surface area contributed by atoms with Gasteiger partial charge in [-0.15, -0.1) is 0 Å². The molecule has 0 aromatic carbocycles. The zero-order chi connectivity index (χ0) is 37.1. The monoisotopic (exact) mass is 675 g/mol. The highest BCUT2D eigenvalue weighted by Crippen LogP contribution is 2.35. The van der Waals surface area contributed by atoms with Crippen molar-refractivity contribution in [3.8, 4) is 0 Å². The van der Waals surface area contributed by atoms with E-state index in [9.17, 15) is 19.8 Å². The van der Waals surface area contributed by atoms with Crippen molar-refractivity contribution in [2.75, 3.05) is 13.1 Å². The Morgan fingerprint density at radius 1 is 0.604 bits per heavy atom. The zero-order valence-corrected chi connectivity index (χ0v) is 33.0. The molecule has 3 atom stereocenters. The van der Waals surface area contributed by atoms with Gasteiger partial charge in [-0.1, -0.05) is 24.3 Å². The number of carbonyl (C=O) groups is 2. The number of likely N-dealkylation sites (tertiary alicyclic amines) is 2. The van der Waals surface area contributed by atoms with Crippen LogP contribution in [0.15, 0.2) is 46.6 Å². The maximum absolute atomic E-state index is 12.4. The first kappa shape index (κ1) is 43.4. The van der Waals surface area contributed by atoms with Gasteiger partial charge in [0.15, 0.2) is 0 Å². The molecule has 2 rings (SSSR count). The molecular formula is C40H70N2O6. The number of hydrogen-bond acceptors (Lipinski definition) is 6. The molecule has 0 aromatic rings. The highest BCUT2D eigenvalue weighted by molar-refractivity contribution is 5.69. The van der Waals surface area contributed by atoms with Crippen molar-refractivity contribution in [1.29, 1.82) is 0 Å². The molecule has 276 valence electrons. The fourth-order valence-corrected chi connectivity index (χ4v) is 6.51. The van der Waals surface area contributed by atoms with Crippen LogP contribution >= 0.6 is 0 Å². The Kier molecular flexibility index (Phi) is 16.7. The first-order chi connectivity index (χ1) is 22.1. The first-order valence-corrected chi connectivity index (χ1v) is 18.1. The highest BCUT2D eigenvalue weighted by Gasteiger charge is 2.38. The van der Waals surface area contributed by atoms with Crippen molar-refractivity contribution in [2.24, 2.45) is 0 Å². The SMILES string of the molecule is C/C=C(/C)C(O)(CC[C@@H]1CCCN1C(=O)OC(C)(C)C)/C(C)=C/C.C/C=C(\C)C(O)(CC[C@@H]1CCCN1C(=O)OC(C)(C)C)/C(C)=C/C. The second-order valence-corrected chi connectivity index (χ2v) is 15.6. The van der Waals surface area contributed by atoms with Crippen molar-refractivity contribution in [1.82, 2.24) is 9.80 Å². The summed E-state index contributed by atoms with van der Waals surface area (Å²) in [7, 11) is 0. The Morgan fingerprint density at radius 2 is 0.875 bits per heavy atom. The fraction of sp³-hybridized carbons (Fsp3) is 0.750. The molecule has 8 heteroatoms. The summed E-state index contributed by atoms with van der Waals surface area (Å²) < 4.78 is 11.0. The minimum Gasteiger partial charge on any atom is -0.444 e. The molecule has 2 saturated heterocycles. The van der Waals surface area contributed by atoms with Crippen LogP contribution in [-0.2, 0) is 9.47 Å². The van der Waals surface area contributed by atoms with Gasteiger partial charge in [0.25, 0.3) is 0 Å². The van der Waals surface area contributed by atoms with Crippen LogP contribution in [0.4, 0.5) is 9.59 Å². The topological polar surface area (TPSA) is 99.5 Å². The van der Waals surface area contributed by atoms with Gasteiger partial charge in [-0.3, -0.25) is 0 Å². The summed E-state index contributed by atoms with van der Waals surface area (Å²) in [6.07, 6.45) is 14.1. The number of amides is 2. The number of hydrogen-bond donors (Lipinski definition) is 2. The normalized spacial score (nSPS) is 22.5. The maximum atomic E-state index is 12.4. The Bertz CT molecular complexity index is 1060. The van der Waals surface area contributed by atoms with Crippen molar-refractivity contribution < 1.29 is 29.3 Å². The summed E-state index contributed by atoms with van der Waals surface area (Å²) in [5.74, 6) is 0. The average molecular weight is 675 g/mol. The molecule has 2 N–H and O–H groups in total. The van der Waals surface area contributed by atoms with Gasteiger partial charge < -0.3 is 29.5 Å². The Labute approximate surface area is 293 Å². The predicted molar refractivity (Wildman–Crippen MR) is 198 cm³/mol. The molecule has 0 radical (unpaired) electrons. The summed E-state index contributed by atoms with van der Waals surface area (Å²) in [6, 6.07) is 0.279. The molecule has 1 unspecified atom stereocenters. The van der Waals surface area contributed by atoms with Crippen LogP contribution in [0, 0.1) is 0 Å². The lowest BCUT2D eigenvalue weighted by atomic mass is 9.81. The van der Waals surface area contributed by atoms with Crippen LogP contribution in [0.25, 0.3) is 0 Å². The highest BCUT2D eigenvalue weighted by atomic mass is 16.6. The number of ether oxygens (including phenoxy) is 2. The third kappa shape index (κ3) is 12.4. The lowest BCUT2D eigenvalue weighted by Gasteiger charge is -2.34. The Morgan fingerprint density at radius 3 is 1.10 bits per heavy atom. The lowest BCUT2D eigenvalue weighted by Crippen LogP contribution is -2.41. The largest absolute Gasteiger partial charge is 0.444 e. The molecule has 0 aliphatic carbocycles. The van der Waals surface area contributed by atoms with Gasteiger partial charge in [-0.25, -0.2) is 9.59 Å². The van der Waals surface area contributed by atoms with E-state index < -0.39 is 22.4 Å². The minimum absolute atomic E-state index is 0.140. The third-order valence-corrected chi connectivity index (χ3v) is 10.0. The summed E-state index contributed by atoms with van der Waals surface area (Å²) in [5, 5.41) is 22.3. The summed E-state index contributed by atoms with van der Waals surface area (Å²) in [5.41, 5.74) is 1.03. The number of rotatable bonds is 10. The van der Waals surface area contributed by atoms with E-state index in [2.05, 4.69) is 0 Å². The van der Waals surface area contributed by atoms with Gasteiger partial charge in [-0.05, 0) is 171 Å². The standard InChI is InChI=1S/2C20H35NO3/c2*1-8-15(3)20(23,16(4)9-2)13-12-17-11-10-14-21(17)18(22)24-19(5,6)7/h2*8-9,17,23H,10-14H2,1-7H3/b15-8+,16-9+;15-8-,16-9+/t17-;17-,20?/m00/s1. The van der Waals surface area contributed by atoms with Crippen LogP contribution in [0.1, 0.15) is 148 Å². The Hall–Kier alpha value is -2.58. The average Bonchev–Trinajstić information content (AvgIpc) is 3.69. The van der Waals surface area contributed by atoms with Gasteiger partial charge in [0.1, 0.15) is 22.4 Å². The van der Waals surface area contributed by atoms with Crippen LogP contribution < -0.4 is 0 Å². The van der Waals surface area contributed by atoms with E-state index in [1.165, 1.54) is 0 Å². The molecule has 2 aliphatic rings.